The van der Waals surface area contributed by atoms with Crippen molar-refractivity contribution >= 4 is 11.9 Å². The van der Waals surface area contributed by atoms with Crippen molar-refractivity contribution in [2.45, 2.75) is 12.2 Å². The zero-order chi connectivity index (χ0) is 20.8. The summed E-state index contributed by atoms with van der Waals surface area (Å²) in [7, 11) is 0. The van der Waals surface area contributed by atoms with E-state index in [2.05, 4.69) is 0 Å². The lowest BCUT2D eigenvalue weighted by Gasteiger charge is -2.20. The molecule has 0 radical (unpaired) electrons. The van der Waals surface area contributed by atoms with E-state index in [-0.39, 0.29) is 36.5 Å². The van der Waals surface area contributed by atoms with Crippen LogP contribution < -0.4 is 0 Å². The standard InChI is InChI=1S/C8H6O4.2C5H10O3/c9-7(10)5-2-1-3-6(4-5)8(11)12;2*6-3-5-4-7-1-2-8-5/h1-4H,(H,9,10)(H,11,12);2*5-6H,1-4H2. The number of aromatic carboxylic acids is 2. The molecule has 28 heavy (non-hydrogen) atoms. The number of carboxylic acids is 2. The molecule has 1 aromatic carbocycles. The second-order valence-corrected chi connectivity index (χ2v) is 5.69. The molecule has 0 amide bonds. The normalized spacial score (nSPS) is 21.4. The number of rotatable bonds is 4. The van der Waals surface area contributed by atoms with Gasteiger partial charge >= 0.3 is 11.9 Å². The van der Waals surface area contributed by atoms with Gasteiger partial charge in [-0.25, -0.2) is 9.59 Å². The smallest absolute Gasteiger partial charge is 0.335 e. The highest BCUT2D eigenvalue weighted by Crippen LogP contribution is 2.04. The van der Waals surface area contributed by atoms with Gasteiger partial charge < -0.3 is 39.4 Å². The van der Waals surface area contributed by atoms with Crippen LogP contribution >= 0.6 is 0 Å². The van der Waals surface area contributed by atoms with Gasteiger partial charge in [0.2, 0.25) is 0 Å². The van der Waals surface area contributed by atoms with Crippen LogP contribution in [0, 0.1) is 0 Å². The largest absolute Gasteiger partial charge is 0.478 e. The molecule has 0 bridgehead atoms. The molecule has 2 aliphatic rings. The maximum absolute atomic E-state index is 10.4. The van der Waals surface area contributed by atoms with E-state index in [1.165, 1.54) is 18.2 Å². The Bertz CT molecular complexity index is 532. The minimum absolute atomic E-state index is 0.0186. The van der Waals surface area contributed by atoms with E-state index in [0.29, 0.717) is 39.6 Å². The first-order valence-corrected chi connectivity index (χ1v) is 8.65. The molecule has 10 heteroatoms. The molecule has 3 rings (SSSR count). The average Bonchev–Trinajstić information content (AvgIpc) is 2.76. The van der Waals surface area contributed by atoms with Crippen molar-refractivity contribution in [1.29, 1.82) is 0 Å². The van der Waals surface area contributed by atoms with Crippen LogP contribution in [0.3, 0.4) is 0 Å². The van der Waals surface area contributed by atoms with E-state index in [1.54, 1.807) is 0 Å². The van der Waals surface area contributed by atoms with Gasteiger partial charge in [0.25, 0.3) is 0 Å². The molecule has 2 unspecified atom stereocenters. The van der Waals surface area contributed by atoms with E-state index in [9.17, 15) is 9.59 Å². The Balaban J connectivity index is 0.000000217. The van der Waals surface area contributed by atoms with E-state index >= 15 is 0 Å². The molecule has 1 aromatic rings. The summed E-state index contributed by atoms with van der Waals surface area (Å²) < 4.78 is 20.1. The van der Waals surface area contributed by atoms with E-state index in [4.69, 9.17) is 39.4 Å². The van der Waals surface area contributed by atoms with Gasteiger partial charge in [-0.05, 0) is 18.2 Å². The van der Waals surface area contributed by atoms with E-state index in [1.807, 2.05) is 0 Å². The topological polar surface area (TPSA) is 152 Å². The van der Waals surface area contributed by atoms with Crippen molar-refractivity contribution in [2.24, 2.45) is 0 Å². The van der Waals surface area contributed by atoms with Crippen LogP contribution in [-0.4, -0.2) is 97.4 Å². The van der Waals surface area contributed by atoms with Gasteiger partial charge in [-0.15, -0.1) is 0 Å². The summed E-state index contributed by atoms with van der Waals surface area (Å²) in [5.74, 6) is -2.25. The Morgan fingerprint density at radius 2 is 1.25 bits per heavy atom. The Hall–Kier alpha value is -2.08. The second-order valence-electron chi connectivity index (χ2n) is 5.69. The van der Waals surface area contributed by atoms with Crippen molar-refractivity contribution in [3.63, 3.8) is 0 Å². The number of carboxylic acid groups (broad SMARTS) is 2. The van der Waals surface area contributed by atoms with Gasteiger partial charge in [0.1, 0.15) is 12.2 Å². The van der Waals surface area contributed by atoms with Gasteiger partial charge in [0.15, 0.2) is 0 Å². The Kier molecular flexibility index (Phi) is 12.0. The van der Waals surface area contributed by atoms with Crippen LogP contribution in [0.5, 0.6) is 0 Å². The Morgan fingerprint density at radius 1 is 0.821 bits per heavy atom. The average molecular weight is 402 g/mol. The van der Waals surface area contributed by atoms with Crippen molar-refractivity contribution in [3.05, 3.63) is 35.4 Å². The number of carbonyl (C=O) groups is 2. The van der Waals surface area contributed by atoms with Crippen molar-refractivity contribution in [3.8, 4) is 0 Å². The summed E-state index contributed by atoms with van der Waals surface area (Å²) in [5.41, 5.74) is -0.0372. The maximum Gasteiger partial charge on any atom is 0.335 e. The maximum atomic E-state index is 10.4. The molecule has 2 fully saturated rings. The fourth-order valence-corrected chi connectivity index (χ4v) is 2.07. The highest BCUT2D eigenvalue weighted by Gasteiger charge is 2.12. The third-order valence-corrected chi connectivity index (χ3v) is 3.53. The third-order valence-electron chi connectivity index (χ3n) is 3.53. The SMILES string of the molecule is O=C(O)c1cccc(C(=O)O)c1.OCC1COCCO1.OCC1COCCO1. The molecule has 2 heterocycles. The quantitative estimate of drug-likeness (QED) is 0.536. The number of hydrogen-bond donors (Lipinski definition) is 4. The fraction of sp³-hybridized carbons (Fsp3) is 0.556. The van der Waals surface area contributed by atoms with Gasteiger partial charge in [0, 0.05) is 0 Å². The molecule has 2 saturated heterocycles. The molecule has 4 N–H and O–H groups in total. The first-order valence-electron chi connectivity index (χ1n) is 8.65. The molecule has 0 saturated carbocycles. The van der Waals surface area contributed by atoms with Crippen LogP contribution in [0.15, 0.2) is 24.3 Å². The van der Waals surface area contributed by atoms with Crippen molar-refractivity contribution in [1.82, 2.24) is 0 Å². The number of aliphatic hydroxyl groups excluding tert-OH is 2. The van der Waals surface area contributed by atoms with Crippen LogP contribution in [0.2, 0.25) is 0 Å². The summed E-state index contributed by atoms with van der Waals surface area (Å²) >= 11 is 0. The summed E-state index contributed by atoms with van der Waals surface area (Å²) in [6, 6.07) is 5.20. The highest BCUT2D eigenvalue weighted by molar-refractivity contribution is 5.93. The lowest BCUT2D eigenvalue weighted by Crippen LogP contribution is -2.31. The minimum Gasteiger partial charge on any atom is -0.478 e. The number of aliphatic hydroxyl groups is 2. The number of ether oxygens (including phenoxy) is 4. The van der Waals surface area contributed by atoms with Crippen LogP contribution in [0.4, 0.5) is 0 Å². The summed E-state index contributed by atoms with van der Waals surface area (Å²) in [4.78, 5) is 20.8. The summed E-state index contributed by atoms with van der Waals surface area (Å²) in [6.45, 7) is 3.77. The highest BCUT2D eigenvalue weighted by atomic mass is 16.6. The summed E-state index contributed by atoms with van der Waals surface area (Å²) in [6.07, 6.45) is -0.160. The molecule has 10 nitrogen and oxygen atoms in total. The third kappa shape index (κ3) is 9.74. The molecular weight excluding hydrogens is 376 g/mol. The molecule has 158 valence electrons. The molecule has 0 spiro atoms. The van der Waals surface area contributed by atoms with E-state index < -0.39 is 11.9 Å². The molecule has 2 aliphatic heterocycles. The predicted octanol–water partition coefficient (Wildman–Crippen LogP) is -0.129. The summed E-state index contributed by atoms with van der Waals surface area (Å²) in [5, 5.41) is 34.0. The Labute approximate surface area is 162 Å². The van der Waals surface area contributed by atoms with Gasteiger partial charge in [-0.1, -0.05) is 6.07 Å². The first-order chi connectivity index (χ1) is 13.5. The second kappa shape index (κ2) is 14.0. The molecule has 0 aromatic heterocycles. The van der Waals surface area contributed by atoms with Gasteiger partial charge in [0.05, 0.1) is 64.0 Å². The molecule has 2 atom stereocenters. The van der Waals surface area contributed by atoms with Crippen molar-refractivity contribution < 1.29 is 49.0 Å². The zero-order valence-corrected chi connectivity index (χ0v) is 15.4. The van der Waals surface area contributed by atoms with Crippen LogP contribution in [0.1, 0.15) is 20.7 Å². The molecular formula is C18H26O10. The number of benzene rings is 1. The first kappa shape index (κ1) is 24.0. The lowest BCUT2D eigenvalue weighted by atomic mass is 10.1. The lowest BCUT2D eigenvalue weighted by molar-refractivity contribution is -0.105. The minimum atomic E-state index is -1.13. The molecule has 0 aliphatic carbocycles. The monoisotopic (exact) mass is 402 g/mol. The number of hydrogen-bond acceptors (Lipinski definition) is 8. The predicted molar refractivity (Wildman–Crippen MR) is 95.7 cm³/mol. The van der Waals surface area contributed by atoms with Gasteiger partial charge in [-0.2, -0.15) is 0 Å². The van der Waals surface area contributed by atoms with Crippen molar-refractivity contribution in [2.75, 3.05) is 52.9 Å². The van der Waals surface area contributed by atoms with Gasteiger partial charge in [-0.3, -0.25) is 0 Å². The zero-order valence-electron chi connectivity index (χ0n) is 15.4. The van der Waals surface area contributed by atoms with Crippen LogP contribution in [0.25, 0.3) is 0 Å². The van der Waals surface area contributed by atoms with E-state index in [0.717, 1.165) is 6.07 Å². The van der Waals surface area contributed by atoms with Crippen LogP contribution in [-0.2, 0) is 18.9 Å². The fourth-order valence-electron chi connectivity index (χ4n) is 2.07. The Morgan fingerprint density at radius 3 is 1.50 bits per heavy atom.